The lowest BCUT2D eigenvalue weighted by Crippen LogP contribution is -2.56. The van der Waals surface area contributed by atoms with Crippen molar-refractivity contribution >= 4 is 27.6 Å². The Bertz CT molecular complexity index is 866. The number of carbonyl (C=O) groups excluding carboxylic acids is 1. The fourth-order valence-corrected chi connectivity index (χ4v) is 5.64. The van der Waals surface area contributed by atoms with Gasteiger partial charge in [0.25, 0.3) is 5.91 Å². The molecule has 3 aliphatic rings. The molecule has 3 saturated carbocycles. The van der Waals surface area contributed by atoms with Crippen LogP contribution in [0.15, 0.2) is 18.2 Å². The van der Waals surface area contributed by atoms with Crippen LogP contribution in [0, 0.1) is 28.1 Å². The van der Waals surface area contributed by atoms with E-state index >= 15 is 0 Å². The van der Waals surface area contributed by atoms with Crippen LogP contribution in [-0.2, 0) is 0 Å². The molecule has 148 valence electrons. The number of rotatable bonds is 5. The Morgan fingerprint density at radius 1 is 1.18 bits per heavy atom. The molecule has 0 aliphatic heterocycles. The van der Waals surface area contributed by atoms with Crippen LogP contribution >= 0.6 is 10.7 Å². The van der Waals surface area contributed by atoms with Crippen molar-refractivity contribution in [3.63, 3.8) is 0 Å². The van der Waals surface area contributed by atoms with E-state index in [0.29, 0.717) is 22.1 Å². The zero-order valence-electron chi connectivity index (χ0n) is 16.8. The number of amides is 1. The zero-order chi connectivity index (χ0) is 20.4. The van der Waals surface area contributed by atoms with E-state index in [1.54, 1.807) is 18.2 Å². The first-order valence-corrected chi connectivity index (χ1v) is 11.3. The number of hydrogen-bond acceptors (Lipinski definition) is 4. The predicted molar refractivity (Wildman–Crippen MR) is 115 cm³/mol. The van der Waals surface area contributed by atoms with Crippen molar-refractivity contribution in [2.75, 3.05) is 4.72 Å². The minimum absolute atomic E-state index is 0.0956. The van der Waals surface area contributed by atoms with Gasteiger partial charge in [0.1, 0.15) is 0 Å². The van der Waals surface area contributed by atoms with Gasteiger partial charge in [0, 0.05) is 10.8 Å². The molecule has 1 unspecified atom stereocenters. The van der Waals surface area contributed by atoms with E-state index in [1.807, 2.05) is 6.92 Å². The lowest BCUT2D eigenvalue weighted by atomic mass is 9.58. The topological polar surface area (TPSA) is 88.7 Å². The second-order valence-corrected chi connectivity index (χ2v) is 10.6. The summed E-state index contributed by atoms with van der Waals surface area (Å²) in [5.74, 6) is -0.0956. The molecule has 1 atom stereocenters. The molecule has 0 spiro atoms. The maximum atomic E-state index is 13.2. The van der Waals surface area contributed by atoms with Crippen LogP contribution in [0.2, 0.25) is 0 Å². The molecule has 1 aromatic carbocycles. The molecule has 0 heterocycles. The van der Waals surface area contributed by atoms with Gasteiger partial charge < -0.3 is 10.0 Å². The SMILES string of the molecule is C/C=S(/Nc1cc(C#N)ccc1C(=O)NC12CCC(C#N)(CC1)CC2)C(C)C. The lowest BCUT2D eigenvalue weighted by molar-refractivity contribution is 0.0522. The monoisotopic (exact) mass is 396 g/mol. The summed E-state index contributed by atoms with van der Waals surface area (Å²) in [6, 6.07) is 9.88. The molecule has 6 heteroatoms. The van der Waals surface area contributed by atoms with Crippen molar-refractivity contribution in [1.29, 1.82) is 10.5 Å². The Labute approximate surface area is 170 Å². The summed E-state index contributed by atoms with van der Waals surface area (Å²) in [5, 5.41) is 24.5. The van der Waals surface area contributed by atoms with Crippen LogP contribution in [0.5, 0.6) is 0 Å². The number of nitrogens with zero attached hydrogens (tertiary/aromatic N) is 2. The number of fused-ring (bicyclic) bond motifs is 3. The number of benzene rings is 1. The van der Waals surface area contributed by atoms with Crippen LogP contribution in [0.25, 0.3) is 0 Å². The predicted octanol–water partition coefficient (Wildman–Crippen LogP) is 4.73. The van der Waals surface area contributed by atoms with Gasteiger partial charge in [-0.3, -0.25) is 4.79 Å². The van der Waals surface area contributed by atoms with Crippen LogP contribution in [-0.4, -0.2) is 22.1 Å². The van der Waals surface area contributed by atoms with Crippen molar-refractivity contribution < 1.29 is 4.79 Å². The maximum Gasteiger partial charge on any atom is 0.253 e. The highest BCUT2D eigenvalue weighted by atomic mass is 32.2. The Kier molecular flexibility index (Phi) is 5.82. The van der Waals surface area contributed by atoms with Crippen molar-refractivity contribution in [1.82, 2.24) is 5.32 Å². The maximum absolute atomic E-state index is 13.2. The highest BCUT2D eigenvalue weighted by Crippen LogP contribution is 2.52. The minimum Gasteiger partial charge on any atom is -0.347 e. The largest absolute Gasteiger partial charge is 0.347 e. The van der Waals surface area contributed by atoms with Gasteiger partial charge >= 0.3 is 0 Å². The summed E-state index contributed by atoms with van der Waals surface area (Å²) in [4.78, 5) is 13.2. The molecule has 2 N–H and O–H groups in total. The van der Waals surface area contributed by atoms with E-state index in [-0.39, 0.29) is 27.5 Å². The van der Waals surface area contributed by atoms with Crippen LogP contribution in [0.3, 0.4) is 0 Å². The summed E-state index contributed by atoms with van der Waals surface area (Å²) in [6.07, 6.45) is 5.19. The number of anilines is 1. The van der Waals surface area contributed by atoms with Gasteiger partial charge in [-0.25, -0.2) is 0 Å². The first-order chi connectivity index (χ1) is 13.4. The molecule has 0 aromatic heterocycles. The smallest absolute Gasteiger partial charge is 0.253 e. The molecule has 1 aromatic rings. The fourth-order valence-electron chi connectivity index (χ4n) is 4.32. The molecular weight excluding hydrogens is 368 g/mol. The van der Waals surface area contributed by atoms with Gasteiger partial charge in [0.15, 0.2) is 0 Å². The molecule has 1 amide bonds. The number of nitriles is 2. The minimum atomic E-state index is -0.197. The zero-order valence-corrected chi connectivity index (χ0v) is 17.7. The standard InChI is InChI=1S/C22H28N4OS/c1-4-28(16(2)3)26-19-13-17(14-23)5-6-18(19)20(27)25-22-10-7-21(15-24,8-11-22)9-12-22/h4-6,13,16,26H,7-12H2,1-3H3,(H,25,27). The van der Waals surface area contributed by atoms with Crippen LogP contribution in [0.1, 0.15) is 75.2 Å². The molecule has 5 nitrogen and oxygen atoms in total. The molecular formula is C22H28N4OS. The summed E-state index contributed by atoms with van der Waals surface area (Å²) < 4.78 is 3.46. The van der Waals surface area contributed by atoms with Crippen molar-refractivity contribution in [2.45, 2.75) is 70.1 Å². The third-order valence-corrected chi connectivity index (χ3v) is 8.22. The van der Waals surface area contributed by atoms with Gasteiger partial charge in [-0.2, -0.15) is 10.5 Å². The third-order valence-electron chi connectivity index (χ3n) is 6.25. The van der Waals surface area contributed by atoms with E-state index in [1.165, 1.54) is 0 Å². The van der Waals surface area contributed by atoms with Crippen molar-refractivity contribution in [3.05, 3.63) is 29.3 Å². The van der Waals surface area contributed by atoms with Gasteiger partial charge in [-0.05, 0) is 69.0 Å². The molecule has 3 fully saturated rings. The Balaban J connectivity index is 1.84. The van der Waals surface area contributed by atoms with Gasteiger partial charge in [-0.15, -0.1) is 0 Å². The first kappa shape index (κ1) is 20.4. The van der Waals surface area contributed by atoms with Crippen molar-refractivity contribution in [3.8, 4) is 12.1 Å². The fraction of sp³-hybridized carbons (Fsp3) is 0.545. The van der Waals surface area contributed by atoms with Gasteiger partial charge in [0.05, 0.1) is 34.4 Å². The quantitative estimate of drug-likeness (QED) is 0.704. The van der Waals surface area contributed by atoms with E-state index < -0.39 is 0 Å². The van der Waals surface area contributed by atoms with Crippen LogP contribution < -0.4 is 10.0 Å². The molecule has 4 rings (SSSR count). The molecule has 28 heavy (non-hydrogen) atoms. The van der Waals surface area contributed by atoms with E-state index in [4.69, 9.17) is 0 Å². The number of carbonyl (C=O) groups is 1. The Hall–Kier alpha value is -2.31. The molecule has 2 bridgehead atoms. The summed E-state index contributed by atoms with van der Waals surface area (Å²) in [6.45, 7) is 6.28. The van der Waals surface area contributed by atoms with Gasteiger partial charge in [0.2, 0.25) is 0 Å². The highest BCUT2D eigenvalue weighted by Gasteiger charge is 2.49. The van der Waals surface area contributed by atoms with E-state index in [0.717, 1.165) is 38.5 Å². The van der Waals surface area contributed by atoms with Crippen LogP contribution in [0.4, 0.5) is 5.69 Å². The molecule has 0 radical (unpaired) electrons. The normalized spacial score (nSPS) is 27.1. The second-order valence-electron chi connectivity index (χ2n) is 8.26. The Morgan fingerprint density at radius 2 is 1.82 bits per heavy atom. The Morgan fingerprint density at radius 3 is 2.32 bits per heavy atom. The van der Waals surface area contributed by atoms with Crippen molar-refractivity contribution in [2.24, 2.45) is 5.41 Å². The molecule has 3 aliphatic carbocycles. The molecule has 0 saturated heterocycles. The summed E-state index contributed by atoms with van der Waals surface area (Å²) in [5.41, 5.74) is 1.46. The number of nitrogens with one attached hydrogen (secondary N) is 2. The summed E-state index contributed by atoms with van der Waals surface area (Å²) >= 11 is 0. The third kappa shape index (κ3) is 3.93. The highest BCUT2D eigenvalue weighted by molar-refractivity contribution is 8.16. The van der Waals surface area contributed by atoms with E-state index in [2.05, 4.69) is 41.4 Å². The van der Waals surface area contributed by atoms with E-state index in [9.17, 15) is 15.3 Å². The average molecular weight is 397 g/mol. The second kappa shape index (κ2) is 7.97. The lowest BCUT2D eigenvalue weighted by Gasteiger charge is -2.50. The number of hydrogen-bond donors (Lipinski definition) is 2. The average Bonchev–Trinajstić information content (AvgIpc) is 2.72. The first-order valence-electron chi connectivity index (χ1n) is 9.92. The van der Waals surface area contributed by atoms with Gasteiger partial charge in [-0.1, -0.05) is 24.5 Å². The summed E-state index contributed by atoms with van der Waals surface area (Å²) in [7, 11) is -0.190.